The van der Waals surface area contributed by atoms with Gasteiger partial charge in [-0.3, -0.25) is 9.59 Å². The number of carbonyl (C=O) groups excluding carboxylic acids is 2. The van der Waals surface area contributed by atoms with Crippen molar-refractivity contribution < 1.29 is 18.5 Å². The van der Waals surface area contributed by atoms with Crippen molar-refractivity contribution >= 4 is 23.2 Å². The Morgan fingerprint density at radius 3 is 2.57 bits per heavy atom. The van der Waals surface area contributed by atoms with Crippen LogP contribution >= 0.6 is 0 Å². The van der Waals surface area contributed by atoms with E-state index < -0.39 is 11.7 Å². The lowest BCUT2D eigenvalue weighted by Gasteiger charge is -2.08. The summed E-state index contributed by atoms with van der Waals surface area (Å²) in [5.41, 5.74) is 2.35. The Bertz CT molecular complexity index is 999. The van der Waals surface area contributed by atoms with Gasteiger partial charge in [0.1, 0.15) is 5.82 Å². The first-order chi connectivity index (χ1) is 13.4. The summed E-state index contributed by atoms with van der Waals surface area (Å²) in [5, 5.41) is 8.95. The first kappa shape index (κ1) is 19.2. The molecule has 3 rings (SSSR count). The van der Waals surface area contributed by atoms with Crippen LogP contribution in [0.3, 0.4) is 0 Å². The van der Waals surface area contributed by atoms with E-state index in [9.17, 15) is 14.0 Å². The summed E-state index contributed by atoms with van der Waals surface area (Å²) in [6, 6.07) is 11.7. The van der Waals surface area contributed by atoms with E-state index >= 15 is 0 Å². The van der Waals surface area contributed by atoms with E-state index in [0.29, 0.717) is 17.4 Å². The molecule has 3 aromatic rings. The minimum Gasteiger partial charge on any atom is -0.339 e. The summed E-state index contributed by atoms with van der Waals surface area (Å²) < 4.78 is 18.8. The number of rotatable bonds is 6. The zero-order valence-corrected chi connectivity index (χ0v) is 15.5. The van der Waals surface area contributed by atoms with Crippen molar-refractivity contribution in [3.63, 3.8) is 0 Å². The summed E-state index contributed by atoms with van der Waals surface area (Å²) in [5.74, 6) is -0.459. The van der Waals surface area contributed by atoms with Gasteiger partial charge >= 0.3 is 0 Å². The van der Waals surface area contributed by atoms with Crippen LogP contribution in [0.15, 0.2) is 47.0 Å². The lowest BCUT2D eigenvalue weighted by molar-refractivity contribution is -0.116. The van der Waals surface area contributed by atoms with Gasteiger partial charge in [-0.15, -0.1) is 0 Å². The minimum atomic E-state index is -0.581. The molecule has 8 heteroatoms. The molecule has 1 aromatic heterocycles. The van der Waals surface area contributed by atoms with Crippen LogP contribution in [0.5, 0.6) is 0 Å². The summed E-state index contributed by atoms with van der Waals surface area (Å²) >= 11 is 0. The average Bonchev–Trinajstić information content (AvgIpc) is 3.12. The molecule has 0 aliphatic heterocycles. The van der Waals surface area contributed by atoms with Crippen LogP contribution in [0.4, 0.5) is 15.8 Å². The largest absolute Gasteiger partial charge is 0.339 e. The van der Waals surface area contributed by atoms with Crippen LogP contribution in [-0.4, -0.2) is 22.0 Å². The number of halogens is 1. The Balaban J connectivity index is 1.57. The normalized spacial score (nSPS) is 10.5. The second kappa shape index (κ2) is 8.43. The van der Waals surface area contributed by atoms with E-state index in [1.54, 1.807) is 0 Å². The Kier molecular flexibility index (Phi) is 5.78. The molecule has 2 amide bonds. The fourth-order valence-corrected chi connectivity index (χ4v) is 2.51. The molecule has 0 spiro atoms. The number of nitrogens with zero attached hydrogens (tertiary/aromatic N) is 2. The van der Waals surface area contributed by atoms with Crippen molar-refractivity contribution in [2.75, 3.05) is 10.6 Å². The van der Waals surface area contributed by atoms with Crippen molar-refractivity contribution in [3.05, 3.63) is 59.7 Å². The predicted octanol–water partition coefficient (Wildman–Crippen LogP) is 3.71. The molecule has 0 saturated carbocycles. The summed E-state index contributed by atoms with van der Waals surface area (Å²) in [4.78, 5) is 27.5. The zero-order valence-electron chi connectivity index (χ0n) is 15.5. The first-order valence-corrected chi connectivity index (χ1v) is 8.67. The SMILES string of the molecule is CC(=O)Nc1cc(NC(=O)CCc2nc(-c3ccc(C)cc3)no2)ccc1F. The van der Waals surface area contributed by atoms with Gasteiger partial charge in [0.2, 0.25) is 23.5 Å². The third-order valence-corrected chi connectivity index (χ3v) is 3.90. The molecule has 0 bridgehead atoms. The van der Waals surface area contributed by atoms with Gasteiger partial charge in [-0.05, 0) is 25.1 Å². The highest BCUT2D eigenvalue weighted by atomic mass is 19.1. The van der Waals surface area contributed by atoms with Crippen LogP contribution in [-0.2, 0) is 16.0 Å². The van der Waals surface area contributed by atoms with E-state index in [0.717, 1.165) is 11.1 Å². The Morgan fingerprint density at radius 1 is 1.11 bits per heavy atom. The Morgan fingerprint density at radius 2 is 1.86 bits per heavy atom. The molecule has 144 valence electrons. The number of carbonyl (C=O) groups is 2. The molecule has 1 heterocycles. The molecule has 0 aliphatic rings. The zero-order chi connectivity index (χ0) is 20.1. The highest BCUT2D eigenvalue weighted by molar-refractivity contribution is 5.93. The number of hydrogen-bond donors (Lipinski definition) is 2. The second-order valence-corrected chi connectivity index (χ2v) is 6.30. The van der Waals surface area contributed by atoms with Crippen molar-refractivity contribution in [1.29, 1.82) is 0 Å². The number of benzene rings is 2. The summed E-state index contributed by atoms with van der Waals surface area (Å²) in [6.45, 7) is 3.27. The maximum atomic E-state index is 13.6. The Hall–Kier alpha value is -3.55. The third-order valence-electron chi connectivity index (χ3n) is 3.90. The lowest BCUT2D eigenvalue weighted by Crippen LogP contribution is -2.13. The second-order valence-electron chi connectivity index (χ2n) is 6.30. The molecule has 0 saturated heterocycles. The van der Waals surface area contributed by atoms with E-state index in [1.807, 2.05) is 31.2 Å². The molecule has 0 unspecified atom stereocenters. The number of aryl methyl sites for hydroxylation is 2. The van der Waals surface area contributed by atoms with Crippen molar-refractivity contribution in [2.24, 2.45) is 0 Å². The first-order valence-electron chi connectivity index (χ1n) is 8.67. The standard InChI is InChI=1S/C20H19FN4O3/c1-12-3-5-14(6-4-12)20-24-19(28-25-20)10-9-18(27)23-15-7-8-16(21)17(11-15)22-13(2)26/h3-8,11H,9-10H2,1-2H3,(H,22,26)(H,23,27). The molecule has 28 heavy (non-hydrogen) atoms. The molecule has 0 radical (unpaired) electrons. The van der Waals surface area contributed by atoms with Crippen LogP contribution in [0, 0.1) is 12.7 Å². The van der Waals surface area contributed by atoms with Gasteiger partial charge in [-0.2, -0.15) is 4.98 Å². The fraction of sp³-hybridized carbons (Fsp3) is 0.200. The van der Waals surface area contributed by atoms with Crippen LogP contribution in [0.2, 0.25) is 0 Å². The molecular formula is C20H19FN4O3. The molecule has 7 nitrogen and oxygen atoms in total. The van der Waals surface area contributed by atoms with Crippen LogP contribution < -0.4 is 10.6 Å². The maximum absolute atomic E-state index is 13.6. The highest BCUT2D eigenvalue weighted by Gasteiger charge is 2.12. The van der Waals surface area contributed by atoms with Gasteiger partial charge in [0, 0.05) is 31.0 Å². The molecule has 2 N–H and O–H groups in total. The smallest absolute Gasteiger partial charge is 0.227 e. The predicted molar refractivity (Wildman–Crippen MR) is 102 cm³/mol. The average molecular weight is 382 g/mol. The summed E-state index contributed by atoms with van der Waals surface area (Å²) in [6.07, 6.45) is 0.382. The Labute approximate surface area is 161 Å². The maximum Gasteiger partial charge on any atom is 0.227 e. The molecular weight excluding hydrogens is 363 g/mol. The van der Waals surface area contributed by atoms with Gasteiger partial charge in [-0.1, -0.05) is 35.0 Å². The molecule has 2 aromatic carbocycles. The highest BCUT2D eigenvalue weighted by Crippen LogP contribution is 2.20. The number of anilines is 2. The lowest BCUT2D eigenvalue weighted by atomic mass is 10.1. The van der Waals surface area contributed by atoms with Crippen LogP contribution in [0.25, 0.3) is 11.4 Å². The molecule has 0 atom stereocenters. The van der Waals surface area contributed by atoms with Crippen molar-refractivity contribution in [3.8, 4) is 11.4 Å². The van der Waals surface area contributed by atoms with Gasteiger partial charge < -0.3 is 15.2 Å². The molecule has 0 aliphatic carbocycles. The van der Waals surface area contributed by atoms with E-state index in [2.05, 4.69) is 20.8 Å². The third kappa shape index (κ3) is 5.00. The number of amides is 2. The minimum absolute atomic E-state index is 0.00457. The van der Waals surface area contributed by atoms with E-state index in [-0.39, 0.29) is 24.4 Å². The van der Waals surface area contributed by atoms with E-state index in [4.69, 9.17) is 4.52 Å². The van der Waals surface area contributed by atoms with Crippen molar-refractivity contribution in [2.45, 2.75) is 26.7 Å². The molecule has 0 fully saturated rings. The van der Waals surface area contributed by atoms with Gasteiger partial charge in [0.15, 0.2) is 0 Å². The number of hydrogen-bond acceptors (Lipinski definition) is 5. The number of aromatic nitrogens is 2. The van der Waals surface area contributed by atoms with Crippen molar-refractivity contribution in [1.82, 2.24) is 10.1 Å². The number of nitrogens with one attached hydrogen (secondary N) is 2. The van der Waals surface area contributed by atoms with E-state index in [1.165, 1.54) is 25.1 Å². The van der Waals surface area contributed by atoms with Crippen LogP contribution in [0.1, 0.15) is 24.8 Å². The van der Waals surface area contributed by atoms with Gasteiger partial charge in [-0.25, -0.2) is 4.39 Å². The topological polar surface area (TPSA) is 97.1 Å². The van der Waals surface area contributed by atoms with Gasteiger partial charge in [0.25, 0.3) is 0 Å². The monoisotopic (exact) mass is 382 g/mol. The fourth-order valence-electron chi connectivity index (χ4n) is 2.51. The summed E-state index contributed by atoms with van der Waals surface area (Å²) in [7, 11) is 0. The van der Waals surface area contributed by atoms with Gasteiger partial charge in [0.05, 0.1) is 5.69 Å². The quantitative estimate of drug-likeness (QED) is 0.677.